The Morgan fingerprint density at radius 3 is 2.52 bits per heavy atom. The summed E-state index contributed by atoms with van der Waals surface area (Å²) in [6.45, 7) is 0.181. The molecule has 0 aromatic heterocycles. The fraction of sp³-hybridized carbons (Fsp3) is 0.364. The van der Waals surface area contributed by atoms with E-state index in [2.05, 4.69) is 0 Å². The Hall–Kier alpha value is -2.27. The molecule has 0 bridgehead atoms. The van der Waals surface area contributed by atoms with Crippen LogP contribution in [0.15, 0.2) is 54.6 Å². The highest BCUT2D eigenvalue weighted by Crippen LogP contribution is 2.50. The van der Waals surface area contributed by atoms with Gasteiger partial charge in [0.1, 0.15) is 17.8 Å². The number of ketones is 1. The summed E-state index contributed by atoms with van der Waals surface area (Å²) in [5.74, 6) is 1.32. The predicted octanol–water partition coefficient (Wildman–Crippen LogP) is 4.38. The molecule has 27 heavy (non-hydrogen) atoms. The van der Waals surface area contributed by atoms with Gasteiger partial charge < -0.3 is 9.47 Å². The first-order chi connectivity index (χ1) is 13.1. The summed E-state index contributed by atoms with van der Waals surface area (Å²) in [4.78, 5) is 26.2. The minimum atomic E-state index is -1.08. The molecule has 0 radical (unpaired) electrons. The van der Waals surface area contributed by atoms with Gasteiger partial charge in [-0.25, -0.2) is 0 Å². The van der Waals surface area contributed by atoms with Crippen LogP contribution in [0.25, 0.3) is 0 Å². The molecular weight excluding hydrogens is 360 g/mol. The summed E-state index contributed by atoms with van der Waals surface area (Å²) in [7, 11) is 1.56. The normalized spacial score (nSPS) is 21.2. The van der Waals surface area contributed by atoms with E-state index in [1.54, 1.807) is 43.1 Å². The Morgan fingerprint density at radius 2 is 1.85 bits per heavy atom. The smallest absolute Gasteiger partial charge is 0.320 e. The van der Waals surface area contributed by atoms with E-state index in [0.29, 0.717) is 30.1 Å². The lowest BCUT2D eigenvalue weighted by atomic mass is 9.59. The second-order valence-electron chi connectivity index (χ2n) is 6.93. The van der Waals surface area contributed by atoms with Crippen molar-refractivity contribution in [2.75, 3.05) is 19.1 Å². The van der Waals surface area contributed by atoms with Gasteiger partial charge in [-0.15, -0.1) is 0 Å². The molecule has 0 atom stereocenters. The second kappa shape index (κ2) is 8.61. The average molecular weight is 384 g/mol. The van der Waals surface area contributed by atoms with E-state index in [4.69, 9.17) is 9.47 Å². The van der Waals surface area contributed by atoms with E-state index < -0.39 is 11.4 Å². The van der Waals surface area contributed by atoms with Gasteiger partial charge in [0, 0.05) is 5.56 Å². The van der Waals surface area contributed by atoms with Gasteiger partial charge in [0.15, 0.2) is 5.78 Å². The maximum Gasteiger partial charge on any atom is 0.320 e. The Balaban J connectivity index is 1.79. The summed E-state index contributed by atoms with van der Waals surface area (Å²) in [5, 5.41) is 0. The van der Waals surface area contributed by atoms with Crippen LogP contribution >= 0.6 is 11.8 Å². The zero-order valence-corrected chi connectivity index (χ0v) is 16.5. The molecular formula is C22H24O4S. The zero-order valence-electron chi connectivity index (χ0n) is 15.6. The molecule has 1 saturated carbocycles. The number of Topliss-reactive ketones (excluding diaryl/α,β-unsaturated/α-hetero) is 1. The molecule has 2 aromatic rings. The highest BCUT2D eigenvalue weighted by Gasteiger charge is 2.56. The first-order valence-electron chi connectivity index (χ1n) is 8.98. The third-order valence-corrected chi connectivity index (χ3v) is 5.85. The fourth-order valence-corrected chi connectivity index (χ4v) is 4.33. The van der Waals surface area contributed by atoms with Crippen LogP contribution in [-0.4, -0.2) is 30.9 Å². The van der Waals surface area contributed by atoms with Crippen molar-refractivity contribution in [2.24, 2.45) is 11.3 Å². The van der Waals surface area contributed by atoms with Crippen molar-refractivity contribution >= 4 is 23.5 Å². The maximum atomic E-state index is 13.3. The Bertz CT molecular complexity index is 797. The Kier molecular flexibility index (Phi) is 6.22. The molecule has 0 saturated heterocycles. The van der Waals surface area contributed by atoms with Gasteiger partial charge in [-0.2, -0.15) is 11.8 Å². The number of hydrogen-bond donors (Lipinski definition) is 0. The quantitative estimate of drug-likeness (QED) is 0.384. The highest BCUT2D eigenvalue weighted by molar-refractivity contribution is 7.98. The molecule has 2 aromatic carbocycles. The lowest BCUT2D eigenvalue weighted by Gasteiger charge is -2.44. The minimum absolute atomic E-state index is 0.170. The molecule has 0 unspecified atom stereocenters. The van der Waals surface area contributed by atoms with Crippen molar-refractivity contribution < 1.29 is 19.1 Å². The van der Waals surface area contributed by atoms with Crippen LogP contribution in [0.2, 0.25) is 0 Å². The number of carbonyl (C=O) groups is 2. The van der Waals surface area contributed by atoms with Crippen molar-refractivity contribution in [3.63, 3.8) is 0 Å². The summed E-state index contributed by atoms with van der Waals surface area (Å²) < 4.78 is 10.8. The molecule has 0 heterocycles. The minimum Gasteiger partial charge on any atom is -0.497 e. The molecule has 0 amide bonds. The third kappa shape index (κ3) is 4.19. The summed E-state index contributed by atoms with van der Waals surface area (Å²) in [5.41, 5.74) is 0.324. The van der Waals surface area contributed by atoms with E-state index in [1.807, 2.05) is 36.6 Å². The van der Waals surface area contributed by atoms with Crippen LogP contribution in [0, 0.1) is 11.3 Å². The molecule has 1 aliphatic rings. The molecule has 0 spiro atoms. The van der Waals surface area contributed by atoms with Crippen LogP contribution in [0.1, 0.15) is 28.8 Å². The molecule has 3 rings (SSSR count). The van der Waals surface area contributed by atoms with Crippen molar-refractivity contribution in [2.45, 2.75) is 19.4 Å². The largest absolute Gasteiger partial charge is 0.497 e. The first kappa shape index (κ1) is 19.5. The lowest BCUT2D eigenvalue weighted by Crippen LogP contribution is -2.51. The van der Waals surface area contributed by atoms with Crippen LogP contribution in [0.3, 0.4) is 0 Å². The monoisotopic (exact) mass is 384 g/mol. The van der Waals surface area contributed by atoms with Crippen molar-refractivity contribution in [1.29, 1.82) is 0 Å². The number of benzene rings is 2. The molecule has 1 aliphatic carbocycles. The second-order valence-corrected chi connectivity index (χ2v) is 7.85. The van der Waals surface area contributed by atoms with Crippen LogP contribution < -0.4 is 4.74 Å². The molecule has 0 aliphatic heterocycles. The lowest BCUT2D eigenvalue weighted by molar-refractivity contribution is -0.161. The maximum absolute atomic E-state index is 13.3. The standard InChI is InChI=1S/C22H24O4S/c1-25-19-10-6-9-18(11-19)20(23)22(12-17(13-22)15-27-2)21(24)26-14-16-7-4-3-5-8-16/h3-11,17H,12-15H2,1-2H3. The van der Waals surface area contributed by atoms with Crippen LogP contribution in [-0.2, 0) is 16.1 Å². The van der Waals surface area contributed by atoms with E-state index in [1.165, 1.54) is 0 Å². The van der Waals surface area contributed by atoms with E-state index in [9.17, 15) is 9.59 Å². The number of thioether (sulfide) groups is 1. The highest BCUT2D eigenvalue weighted by atomic mass is 32.2. The number of rotatable bonds is 8. The SMILES string of the molecule is COc1cccc(C(=O)C2(C(=O)OCc3ccccc3)CC(CSC)C2)c1. The van der Waals surface area contributed by atoms with Gasteiger partial charge in [0.25, 0.3) is 0 Å². The topological polar surface area (TPSA) is 52.6 Å². The fourth-order valence-electron chi connectivity index (χ4n) is 3.63. The summed E-state index contributed by atoms with van der Waals surface area (Å²) in [6, 6.07) is 16.5. The molecule has 0 N–H and O–H groups in total. The molecule has 1 fully saturated rings. The van der Waals surface area contributed by atoms with Gasteiger partial charge in [-0.05, 0) is 48.5 Å². The average Bonchev–Trinajstić information content (AvgIpc) is 2.69. The third-order valence-electron chi connectivity index (χ3n) is 5.05. The number of methoxy groups -OCH3 is 1. The number of hydrogen-bond acceptors (Lipinski definition) is 5. The van der Waals surface area contributed by atoms with E-state index >= 15 is 0 Å². The van der Waals surface area contributed by atoms with Gasteiger partial charge in [0.05, 0.1) is 7.11 Å². The van der Waals surface area contributed by atoms with Crippen LogP contribution in [0.5, 0.6) is 5.75 Å². The first-order valence-corrected chi connectivity index (χ1v) is 10.4. The Morgan fingerprint density at radius 1 is 1.11 bits per heavy atom. The summed E-state index contributed by atoms with van der Waals surface area (Å²) in [6.07, 6.45) is 3.12. The number of carbonyl (C=O) groups excluding carboxylic acids is 2. The van der Waals surface area contributed by atoms with Gasteiger partial charge in [-0.3, -0.25) is 9.59 Å². The van der Waals surface area contributed by atoms with Crippen molar-refractivity contribution in [1.82, 2.24) is 0 Å². The van der Waals surface area contributed by atoms with Crippen molar-refractivity contribution in [3.8, 4) is 5.75 Å². The zero-order chi connectivity index (χ0) is 19.3. The van der Waals surface area contributed by atoms with Crippen molar-refractivity contribution in [3.05, 3.63) is 65.7 Å². The predicted molar refractivity (Wildman–Crippen MR) is 107 cm³/mol. The summed E-state index contributed by atoms with van der Waals surface area (Å²) >= 11 is 1.74. The Labute approximate surface area is 164 Å². The van der Waals surface area contributed by atoms with E-state index in [-0.39, 0.29) is 12.4 Å². The van der Waals surface area contributed by atoms with Gasteiger partial charge >= 0.3 is 5.97 Å². The molecule has 142 valence electrons. The molecule has 4 nitrogen and oxygen atoms in total. The van der Waals surface area contributed by atoms with E-state index in [0.717, 1.165) is 11.3 Å². The number of esters is 1. The van der Waals surface area contributed by atoms with Crippen LogP contribution in [0.4, 0.5) is 0 Å². The van der Waals surface area contributed by atoms with Gasteiger partial charge in [0.2, 0.25) is 0 Å². The molecule has 5 heteroatoms. The number of ether oxygens (including phenoxy) is 2. The van der Waals surface area contributed by atoms with Gasteiger partial charge in [-0.1, -0.05) is 42.5 Å².